The van der Waals surface area contributed by atoms with Crippen molar-refractivity contribution >= 4 is 27.6 Å². The first-order valence-corrected chi connectivity index (χ1v) is 12.7. The van der Waals surface area contributed by atoms with Gasteiger partial charge in [0.1, 0.15) is 17.2 Å². The maximum Gasteiger partial charge on any atom is 0.338 e. The Kier molecular flexibility index (Phi) is 8.48. The third-order valence-corrected chi connectivity index (χ3v) is 7.63. The smallest absolute Gasteiger partial charge is 0.338 e. The van der Waals surface area contributed by atoms with Crippen molar-refractivity contribution < 1.29 is 27.5 Å². The van der Waals surface area contributed by atoms with Gasteiger partial charge >= 0.3 is 5.97 Å². The predicted molar refractivity (Wildman–Crippen MR) is 129 cm³/mol. The van der Waals surface area contributed by atoms with Gasteiger partial charge in [-0.25, -0.2) is 13.2 Å². The van der Waals surface area contributed by atoms with E-state index in [9.17, 15) is 18.0 Å². The number of benzene rings is 2. The van der Waals surface area contributed by atoms with Gasteiger partial charge in [0.25, 0.3) is 5.91 Å². The van der Waals surface area contributed by atoms with E-state index in [2.05, 4.69) is 0 Å². The van der Waals surface area contributed by atoms with Crippen LogP contribution in [0.3, 0.4) is 0 Å². The van der Waals surface area contributed by atoms with Crippen molar-refractivity contribution in [2.45, 2.75) is 25.2 Å². The highest BCUT2D eigenvalue weighted by atomic mass is 32.2. The molecular formula is C25H29N3O6S. The Labute approximate surface area is 205 Å². The van der Waals surface area contributed by atoms with Crippen molar-refractivity contribution in [3.63, 3.8) is 0 Å². The number of rotatable bonds is 8. The summed E-state index contributed by atoms with van der Waals surface area (Å²) in [6, 6.07) is 14.5. The fourth-order valence-corrected chi connectivity index (χ4v) is 6.10. The Bertz CT molecular complexity index is 1200. The lowest BCUT2D eigenvalue weighted by Crippen LogP contribution is -2.42. The molecule has 1 amide bonds. The van der Waals surface area contributed by atoms with Crippen molar-refractivity contribution in [2.75, 3.05) is 38.3 Å². The van der Waals surface area contributed by atoms with E-state index in [1.807, 2.05) is 19.9 Å². The average Bonchev–Trinajstić information content (AvgIpc) is 2.85. The third-order valence-electron chi connectivity index (χ3n) is 5.78. The monoisotopic (exact) mass is 499 g/mol. The van der Waals surface area contributed by atoms with Gasteiger partial charge < -0.3 is 9.47 Å². The molecule has 0 bridgehead atoms. The maximum atomic E-state index is 13.4. The van der Waals surface area contributed by atoms with E-state index in [-0.39, 0.29) is 34.6 Å². The van der Waals surface area contributed by atoms with Crippen LogP contribution in [-0.2, 0) is 19.6 Å². The Morgan fingerprint density at radius 2 is 1.77 bits per heavy atom. The predicted octanol–water partition coefficient (Wildman–Crippen LogP) is 3.08. The van der Waals surface area contributed by atoms with Crippen LogP contribution in [0.5, 0.6) is 5.75 Å². The van der Waals surface area contributed by atoms with Gasteiger partial charge in [-0.2, -0.15) is 9.57 Å². The number of amides is 1. The lowest BCUT2D eigenvalue weighted by molar-refractivity contribution is -0.121. The Hall–Kier alpha value is -3.42. The van der Waals surface area contributed by atoms with E-state index in [0.717, 1.165) is 6.42 Å². The Balaban J connectivity index is 1.79. The van der Waals surface area contributed by atoms with Gasteiger partial charge in [0.2, 0.25) is 10.0 Å². The molecule has 0 radical (unpaired) electrons. The molecule has 1 aliphatic rings. The first-order valence-electron chi connectivity index (χ1n) is 11.2. The number of ether oxygens (including phenoxy) is 2. The number of hydrogen-bond acceptors (Lipinski definition) is 7. The number of nitriles is 1. The highest BCUT2D eigenvalue weighted by molar-refractivity contribution is 7.89. The first kappa shape index (κ1) is 26.2. The van der Waals surface area contributed by atoms with Crippen molar-refractivity contribution in [2.24, 2.45) is 11.8 Å². The summed E-state index contributed by atoms with van der Waals surface area (Å²) in [4.78, 5) is 26.4. The fraction of sp³-hybridized carbons (Fsp3) is 0.400. The minimum Gasteiger partial charge on any atom is -0.495 e. The molecular weight excluding hydrogens is 470 g/mol. The van der Waals surface area contributed by atoms with Crippen LogP contribution in [0.1, 0.15) is 30.6 Å². The molecule has 0 N–H and O–H groups in total. The van der Waals surface area contributed by atoms with Crippen LogP contribution in [0.4, 0.5) is 5.69 Å². The van der Waals surface area contributed by atoms with Crippen LogP contribution in [0.15, 0.2) is 53.4 Å². The zero-order chi connectivity index (χ0) is 25.6. The largest absolute Gasteiger partial charge is 0.495 e. The van der Waals surface area contributed by atoms with Gasteiger partial charge in [-0.3, -0.25) is 9.69 Å². The Morgan fingerprint density at radius 1 is 1.11 bits per heavy atom. The van der Waals surface area contributed by atoms with E-state index in [0.29, 0.717) is 18.8 Å². The SMILES string of the molecule is COc1ccc(C(=O)OCC(=O)N(CC#N)c2ccccc2)cc1S(=O)(=O)N1CC(C)CC(C)C1. The number of carbonyl (C=O) groups excluding carboxylic acids is 2. The zero-order valence-corrected chi connectivity index (χ0v) is 20.8. The van der Waals surface area contributed by atoms with E-state index < -0.39 is 28.5 Å². The molecule has 0 saturated carbocycles. The van der Waals surface area contributed by atoms with Crippen molar-refractivity contribution in [3.05, 3.63) is 54.1 Å². The summed E-state index contributed by atoms with van der Waals surface area (Å²) in [5, 5.41) is 9.07. The highest BCUT2D eigenvalue weighted by Crippen LogP contribution is 2.32. The molecule has 0 spiro atoms. The second-order valence-corrected chi connectivity index (χ2v) is 10.6. The highest BCUT2D eigenvalue weighted by Gasteiger charge is 2.34. The normalized spacial score (nSPS) is 18.3. The molecule has 1 fully saturated rings. The van der Waals surface area contributed by atoms with Crippen LogP contribution < -0.4 is 9.64 Å². The third kappa shape index (κ3) is 6.18. The van der Waals surface area contributed by atoms with Crippen LogP contribution in [0.2, 0.25) is 0 Å². The second-order valence-electron chi connectivity index (χ2n) is 8.68. The molecule has 1 saturated heterocycles. The quantitative estimate of drug-likeness (QED) is 0.405. The number of sulfonamides is 1. The topological polar surface area (TPSA) is 117 Å². The van der Waals surface area contributed by atoms with Gasteiger partial charge in [0.05, 0.1) is 18.7 Å². The minimum absolute atomic E-state index is 0.0261. The second kappa shape index (κ2) is 11.3. The summed E-state index contributed by atoms with van der Waals surface area (Å²) in [6.45, 7) is 3.96. The molecule has 10 heteroatoms. The van der Waals surface area contributed by atoms with E-state index in [4.69, 9.17) is 14.7 Å². The molecule has 186 valence electrons. The number of esters is 1. The first-order chi connectivity index (χ1) is 16.7. The molecule has 1 aliphatic heterocycles. The molecule has 35 heavy (non-hydrogen) atoms. The van der Waals surface area contributed by atoms with Crippen LogP contribution in [0, 0.1) is 23.2 Å². The molecule has 2 aromatic rings. The summed E-state index contributed by atoms with van der Waals surface area (Å²) in [7, 11) is -2.56. The number of hydrogen-bond donors (Lipinski definition) is 0. The summed E-state index contributed by atoms with van der Waals surface area (Å²) in [5.74, 6) is -0.904. The zero-order valence-electron chi connectivity index (χ0n) is 20.0. The number of piperidine rings is 1. The van der Waals surface area contributed by atoms with Crippen LogP contribution >= 0.6 is 0 Å². The summed E-state index contributed by atoms with van der Waals surface area (Å²) >= 11 is 0. The summed E-state index contributed by atoms with van der Waals surface area (Å²) in [5.41, 5.74) is 0.472. The van der Waals surface area contributed by atoms with Gasteiger partial charge in [0.15, 0.2) is 6.61 Å². The standard InChI is InChI=1S/C25H29N3O6S/c1-18-13-19(2)16-27(15-18)35(31,32)23-14-20(9-10-22(23)33-3)25(30)34-17-24(29)28(12-11-26)21-7-5-4-6-8-21/h4-10,14,18-19H,12-13,15-17H2,1-3H3. The van der Waals surface area contributed by atoms with Crippen molar-refractivity contribution in [3.8, 4) is 11.8 Å². The van der Waals surface area contributed by atoms with Gasteiger partial charge in [-0.05, 0) is 48.6 Å². The number of nitrogens with zero attached hydrogens (tertiary/aromatic N) is 3. The average molecular weight is 500 g/mol. The van der Waals surface area contributed by atoms with Gasteiger partial charge in [0, 0.05) is 18.8 Å². The molecule has 2 aromatic carbocycles. The van der Waals surface area contributed by atoms with Gasteiger partial charge in [-0.15, -0.1) is 0 Å². The van der Waals surface area contributed by atoms with Crippen molar-refractivity contribution in [1.29, 1.82) is 5.26 Å². The Morgan fingerprint density at radius 3 is 2.37 bits per heavy atom. The summed E-state index contributed by atoms with van der Waals surface area (Å²) < 4.78 is 38.7. The van der Waals surface area contributed by atoms with Crippen molar-refractivity contribution in [1.82, 2.24) is 4.31 Å². The molecule has 0 aromatic heterocycles. The maximum absolute atomic E-state index is 13.4. The van der Waals surface area contributed by atoms with Crippen LogP contribution in [0.25, 0.3) is 0 Å². The number of carbonyl (C=O) groups is 2. The molecule has 3 rings (SSSR count). The van der Waals surface area contributed by atoms with Crippen LogP contribution in [-0.4, -0.2) is 58.0 Å². The lowest BCUT2D eigenvalue weighted by Gasteiger charge is -2.34. The molecule has 2 unspecified atom stereocenters. The number of para-hydroxylation sites is 1. The fourth-order valence-electron chi connectivity index (χ4n) is 4.24. The molecule has 9 nitrogen and oxygen atoms in total. The lowest BCUT2D eigenvalue weighted by atomic mass is 9.94. The van der Waals surface area contributed by atoms with E-state index >= 15 is 0 Å². The number of methoxy groups -OCH3 is 1. The van der Waals surface area contributed by atoms with E-state index in [1.165, 1.54) is 34.5 Å². The molecule has 2 atom stereocenters. The molecule has 1 heterocycles. The van der Waals surface area contributed by atoms with E-state index in [1.54, 1.807) is 30.3 Å². The molecule has 0 aliphatic carbocycles. The summed E-state index contributed by atoms with van der Waals surface area (Å²) in [6.07, 6.45) is 0.940. The number of anilines is 1. The van der Waals surface area contributed by atoms with Gasteiger partial charge in [-0.1, -0.05) is 32.0 Å². The minimum atomic E-state index is -3.93.